The molecule has 0 bridgehead atoms. The van der Waals surface area contributed by atoms with E-state index in [1.807, 2.05) is 6.92 Å². The molecule has 0 saturated heterocycles. The molecule has 1 aromatic rings. The molecule has 0 heterocycles. The molecule has 1 aromatic carbocycles. The number of hydrogen-bond donors (Lipinski definition) is 1. The number of rotatable bonds is 4. The second-order valence-electron chi connectivity index (χ2n) is 4.65. The standard InChI is InChI=1S/C13H18F3NO/c1-4-17(3)9-12(2,18)10-7-5-6-8-11(10)13(14,15)16/h5-8,18H,4,9H2,1-3H3/t12-/m1/s1. The maximum absolute atomic E-state index is 12.9. The lowest BCUT2D eigenvalue weighted by atomic mass is 9.90. The fourth-order valence-electron chi connectivity index (χ4n) is 1.92. The molecule has 0 fully saturated rings. The Morgan fingerprint density at radius 3 is 2.11 bits per heavy atom. The molecule has 0 radical (unpaired) electrons. The second kappa shape index (κ2) is 5.28. The molecule has 0 aliphatic heterocycles. The molecule has 0 aliphatic carbocycles. The molecule has 1 rings (SSSR count). The van der Waals surface area contributed by atoms with Gasteiger partial charge in [-0.2, -0.15) is 13.2 Å². The Bertz CT molecular complexity index is 401. The van der Waals surface area contributed by atoms with Gasteiger partial charge in [0.15, 0.2) is 0 Å². The maximum Gasteiger partial charge on any atom is 0.416 e. The largest absolute Gasteiger partial charge is 0.416 e. The third kappa shape index (κ3) is 3.46. The summed E-state index contributed by atoms with van der Waals surface area (Å²) in [5.41, 5.74) is -2.39. The Morgan fingerprint density at radius 2 is 1.67 bits per heavy atom. The van der Waals surface area contributed by atoms with Gasteiger partial charge >= 0.3 is 6.18 Å². The first-order valence-corrected chi connectivity index (χ1v) is 5.76. The van der Waals surface area contributed by atoms with Gasteiger partial charge in [-0.05, 0) is 32.1 Å². The highest BCUT2D eigenvalue weighted by Gasteiger charge is 2.38. The molecule has 18 heavy (non-hydrogen) atoms. The van der Waals surface area contributed by atoms with Gasteiger partial charge in [-0.1, -0.05) is 25.1 Å². The fraction of sp³-hybridized carbons (Fsp3) is 0.538. The van der Waals surface area contributed by atoms with Crippen LogP contribution in [0.4, 0.5) is 13.2 Å². The Labute approximate surface area is 105 Å². The van der Waals surface area contributed by atoms with E-state index in [4.69, 9.17) is 0 Å². The van der Waals surface area contributed by atoms with Crippen LogP contribution in [-0.2, 0) is 11.8 Å². The van der Waals surface area contributed by atoms with Gasteiger partial charge in [-0.3, -0.25) is 0 Å². The highest BCUT2D eigenvalue weighted by atomic mass is 19.4. The van der Waals surface area contributed by atoms with E-state index in [9.17, 15) is 18.3 Å². The van der Waals surface area contributed by atoms with Crippen molar-refractivity contribution in [2.45, 2.75) is 25.6 Å². The van der Waals surface area contributed by atoms with Crippen molar-refractivity contribution < 1.29 is 18.3 Å². The van der Waals surface area contributed by atoms with Gasteiger partial charge in [-0.15, -0.1) is 0 Å². The highest BCUT2D eigenvalue weighted by molar-refractivity contribution is 5.34. The van der Waals surface area contributed by atoms with Crippen molar-refractivity contribution in [2.24, 2.45) is 0 Å². The van der Waals surface area contributed by atoms with E-state index >= 15 is 0 Å². The number of benzene rings is 1. The average Bonchev–Trinajstić information content (AvgIpc) is 2.27. The lowest BCUT2D eigenvalue weighted by molar-refractivity contribution is -0.140. The molecule has 0 amide bonds. The number of aliphatic hydroxyl groups is 1. The van der Waals surface area contributed by atoms with E-state index in [0.29, 0.717) is 6.54 Å². The predicted molar refractivity (Wildman–Crippen MR) is 64.2 cm³/mol. The summed E-state index contributed by atoms with van der Waals surface area (Å²) in [5.74, 6) is 0. The van der Waals surface area contributed by atoms with Crippen LogP contribution in [0.3, 0.4) is 0 Å². The molecule has 0 unspecified atom stereocenters. The SMILES string of the molecule is CCN(C)C[C@@](C)(O)c1ccccc1C(F)(F)F. The van der Waals surface area contributed by atoms with Crippen LogP contribution in [0.15, 0.2) is 24.3 Å². The molecular weight excluding hydrogens is 243 g/mol. The lowest BCUT2D eigenvalue weighted by Crippen LogP contribution is -2.38. The van der Waals surface area contributed by atoms with Crippen LogP contribution in [0.5, 0.6) is 0 Å². The second-order valence-corrected chi connectivity index (χ2v) is 4.65. The minimum atomic E-state index is -4.45. The normalized spacial score (nSPS) is 15.8. The summed E-state index contributed by atoms with van der Waals surface area (Å²) >= 11 is 0. The van der Waals surface area contributed by atoms with Crippen molar-refractivity contribution in [3.05, 3.63) is 35.4 Å². The molecule has 0 aliphatic rings. The van der Waals surface area contributed by atoms with Crippen molar-refractivity contribution in [1.29, 1.82) is 0 Å². The summed E-state index contributed by atoms with van der Waals surface area (Å²) in [6.45, 7) is 4.09. The van der Waals surface area contributed by atoms with Crippen LogP contribution < -0.4 is 0 Å². The number of likely N-dealkylation sites (N-methyl/N-ethyl adjacent to an activating group) is 1. The van der Waals surface area contributed by atoms with E-state index in [2.05, 4.69) is 0 Å². The quantitative estimate of drug-likeness (QED) is 0.901. The highest BCUT2D eigenvalue weighted by Crippen LogP contribution is 2.36. The van der Waals surface area contributed by atoms with Crippen LogP contribution in [0.2, 0.25) is 0 Å². The van der Waals surface area contributed by atoms with Crippen LogP contribution in [0, 0.1) is 0 Å². The van der Waals surface area contributed by atoms with Crippen molar-refractivity contribution in [3.63, 3.8) is 0 Å². The Balaban J connectivity index is 3.16. The minimum absolute atomic E-state index is 0.0854. The van der Waals surface area contributed by atoms with E-state index in [1.54, 1.807) is 11.9 Å². The summed E-state index contributed by atoms with van der Waals surface area (Å²) < 4.78 is 38.6. The third-order valence-electron chi connectivity index (χ3n) is 2.93. The van der Waals surface area contributed by atoms with E-state index in [1.165, 1.54) is 25.1 Å². The molecule has 0 spiro atoms. The topological polar surface area (TPSA) is 23.5 Å². The summed E-state index contributed by atoms with van der Waals surface area (Å²) in [4.78, 5) is 1.77. The summed E-state index contributed by atoms with van der Waals surface area (Å²) in [6.07, 6.45) is -4.45. The summed E-state index contributed by atoms with van der Waals surface area (Å²) in [5, 5.41) is 10.3. The lowest BCUT2D eigenvalue weighted by Gasteiger charge is -2.31. The molecular formula is C13H18F3NO. The van der Waals surface area contributed by atoms with Gasteiger partial charge in [0.1, 0.15) is 5.60 Å². The summed E-state index contributed by atoms with van der Waals surface area (Å²) in [7, 11) is 1.75. The predicted octanol–water partition coefficient (Wildman–Crippen LogP) is 2.86. The summed E-state index contributed by atoms with van der Waals surface area (Å²) in [6, 6.07) is 5.15. The Kier molecular flexibility index (Phi) is 4.40. The molecule has 1 atom stereocenters. The van der Waals surface area contributed by atoms with Gasteiger partial charge in [0.25, 0.3) is 0 Å². The Hall–Kier alpha value is -1.07. The van der Waals surface area contributed by atoms with E-state index < -0.39 is 17.3 Å². The molecule has 0 aromatic heterocycles. The van der Waals surface area contributed by atoms with Gasteiger partial charge in [-0.25, -0.2) is 0 Å². The first-order chi connectivity index (χ1) is 8.18. The minimum Gasteiger partial charge on any atom is -0.384 e. The smallest absolute Gasteiger partial charge is 0.384 e. The average molecular weight is 261 g/mol. The van der Waals surface area contributed by atoms with Crippen LogP contribution >= 0.6 is 0 Å². The van der Waals surface area contributed by atoms with Crippen LogP contribution in [-0.4, -0.2) is 30.1 Å². The zero-order valence-electron chi connectivity index (χ0n) is 10.8. The molecule has 5 heteroatoms. The van der Waals surface area contributed by atoms with Crippen LogP contribution in [0.25, 0.3) is 0 Å². The monoisotopic (exact) mass is 261 g/mol. The van der Waals surface area contributed by atoms with Gasteiger partial charge < -0.3 is 10.0 Å². The fourth-order valence-corrected chi connectivity index (χ4v) is 1.92. The number of nitrogens with zero attached hydrogens (tertiary/aromatic N) is 1. The number of halogens is 3. The van der Waals surface area contributed by atoms with Gasteiger partial charge in [0.05, 0.1) is 5.56 Å². The zero-order valence-corrected chi connectivity index (χ0v) is 10.8. The number of alkyl halides is 3. The van der Waals surface area contributed by atoms with Crippen molar-refractivity contribution in [3.8, 4) is 0 Å². The van der Waals surface area contributed by atoms with Gasteiger partial charge in [0, 0.05) is 6.54 Å². The Morgan fingerprint density at radius 1 is 1.17 bits per heavy atom. The zero-order chi connectivity index (χ0) is 14.0. The maximum atomic E-state index is 12.9. The van der Waals surface area contributed by atoms with Crippen molar-refractivity contribution in [1.82, 2.24) is 4.90 Å². The van der Waals surface area contributed by atoms with E-state index in [-0.39, 0.29) is 12.1 Å². The molecule has 0 saturated carbocycles. The van der Waals surface area contributed by atoms with Crippen molar-refractivity contribution in [2.75, 3.05) is 20.1 Å². The number of hydrogen-bond acceptors (Lipinski definition) is 2. The van der Waals surface area contributed by atoms with Crippen molar-refractivity contribution >= 4 is 0 Å². The molecule has 102 valence electrons. The first-order valence-electron chi connectivity index (χ1n) is 5.76. The molecule has 1 N–H and O–H groups in total. The molecule has 2 nitrogen and oxygen atoms in total. The van der Waals surface area contributed by atoms with Crippen LogP contribution in [0.1, 0.15) is 25.0 Å². The van der Waals surface area contributed by atoms with Gasteiger partial charge in [0.2, 0.25) is 0 Å². The third-order valence-corrected chi connectivity index (χ3v) is 2.93. The van der Waals surface area contributed by atoms with E-state index in [0.717, 1.165) is 6.07 Å². The first kappa shape index (κ1) is 15.0.